The first-order chi connectivity index (χ1) is 13.2. The summed E-state index contributed by atoms with van der Waals surface area (Å²) in [4.78, 5) is 27.7. The molecule has 0 radical (unpaired) electrons. The molecule has 0 aliphatic rings. The molecule has 0 unspecified atom stereocenters. The fourth-order valence-corrected chi connectivity index (χ4v) is 3.02. The number of halogens is 1. The average molecular weight is 404 g/mol. The molecule has 28 heavy (non-hydrogen) atoms. The van der Waals surface area contributed by atoms with Crippen LogP contribution in [0, 0.1) is 6.92 Å². The van der Waals surface area contributed by atoms with Crippen molar-refractivity contribution in [1.82, 2.24) is 5.32 Å². The van der Waals surface area contributed by atoms with Crippen LogP contribution in [0.3, 0.4) is 0 Å². The third-order valence-corrected chi connectivity index (χ3v) is 4.86. The van der Waals surface area contributed by atoms with Gasteiger partial charge in [0.1, 0.15) is 6.04 Å². The smallest absolute Gasteiger partial charge is 0.313 e. The summed E-state index contributed by atoms with van der Waals surface area (Å²) >= 11 is 5.96. The van der Waals surface area contributed by atoms with Gasteiger partial charge < -0.3 is 20.4 Å². The zero-order valence-electron chi connectivity index (χ0n) is 17.0. The largest absolute Gasteiger partial charge is 0.378 e. The summed E-state index contributed by atoms with van der Waals surface area (Å²) in [6, 6.07) is 13.4. The molecular formula is C21H28ClN4O2+. The quantitative estimate of drug-likeness (QED) is 0.642. The van der Waals surface area contributed by atoms with Gasteiger partial charge in [0, 0.05) is 36.1 Å². The highest BCUT2D eigenvalue weighted by Gasteiger charge is 2.21. The van der Waals surface area contributed by atoms with Crippen molar-refractivity contribution in [3.8, 4) is 0 Å². The molecular weight excluding hydrogens is 376 g/mol. The minimum absolute atomic E-state index is 0.0286. The van der Waals surface area contributed by atoms with E-state index in [9.17, 15) is 9.59 Å². The highest BCUT2D eigenvalue weighted by atomic mass is 35.5. The first-order valence-electron chi connectivity index (χ1n) is 9.11. The number of carbonyl (C=O) groups excluding carboxylic acids is 2. The van der Waals surface area contributed by atoms with Crippen molar-refractivity contribution < 1.29 is 14.5 Å². The summed E-state index contributed by atoms with van der Waals surface area (Å²) in [7, 11) is 8.02. The van der Waals surface area contributed by atoms with E-state index in [-0.39, 0.29) is 6.04 Å². The second kappa shape index (κ2) is 9.57. The first-order valence-corrected chi connectivity index (χ1v) is 9.49. The van der Waals surface area contributed by atoms with Crippen LogP contribution in [-0.4, -0.2) is 46.5 Å². The summed E-state index contributed by atoms with van der Waals surface area (Å²) in [5.74, 6) is -1.38. The van der Waals surface area contributed by atoms with E-state index >= 15 is 0 Å². The Morgan fingerprint density at radius 1 is 1.07 bits per heavy atom. The average Bonchev–Trinajstić information content (AvgIpc) is 2.64. The molecule has 0 aliphatic heterocycles. The standard InChI is InChI=1S/C21H27ClN4O2/c1-14-6-9-16(22)12-18(14)24-21(28)20(27)23-13-19(26(4)5)15-7-10-17(11-8-15)25(2)3/h6-12,19H,13H2,1-5H3,(H,23,27)(H,24,28)/p+1/t19-/m1/s1. The molecule has 2 rings (SSSR count). The number of carbonyl (C=O) groups is 2. The Hall–Kier alpha value is -2.57. The molecule has 6 nitrogen and oxygen atoms in total. The van der Waals surface area contributed by atoms with E-state index < -0.39 is 11.8 Å². The molecule has 2 amide bonds. The van der Waals surface area contributed by atoms with Crippen molar-refractivity contribution in [2.75, 3.05) is 45.0 Å². The van der Waals surface area contributed by atoms with Crippen molar-refractivity contribution in [1.29, 1.82) is 0 Å². The van der Waals surface area contributed by atoms with E-state index in [1.807, 2.05) is 52.1 Å². The normalized spacial score (nSPS) is 11.8. The van der Waals surface area contributed by atoms with Crippen LogP contribution < -0.4 is 20.4 Å². The lowest BCUT2D eigenvalue weighted by atomic mass is 10.1. The summed E-state index contributed by atoms with van der Waals surface area (Å²) in [5, 5.41) is 5.85. The Kier molecular flexibility index (Phi) is 7.43. The van der Waals surface area contributed by atoms with Gasteiger partial charge in [-0.25, -0.2) is 0 Å². The zero-order valence-corrected chi connectivity index (χ0v) is 17.7. The van der Waals surface area contributed by atoms with Gasteiger partial charge in [0.05, 0.1) is 20.6 Å². The predicted molar refractivity (Wildman–Crippen MR) is 114 cm³/mol. The van der Waals surface area contributed by atoms with E-state index in [2.05, 4.69) is 22.8 Å². The van der Waals surface area contributed by atoms with Crippen molar-refractivity contribution in [2.45, 2.75) is 13.0 Å². The maximum atomic E-state index is 12.3. The summed E-state index contributed by atoms with van der Waals surface area (Å²) in [6.07, 6.45) is 0. The molecule has 1 atom stereocenters. The lowest BCUT2D eigenvalue weighted by Crippen LogP contribution is -3.07. The van der Waals surface area contributed by atoms with Gasteiger partial charge in [-0.1, -0.05) is 29.8 Å². The Balaban J connectivity index is 2.01. The van der Waals surface area contributed by atoms with E-state index in [1.165, 1.54) is 0 Å². The predicted octanol–water partition coefficient (Wildman–Crippen LogP) is 1.65. The minimum atomic E-state index is -0.708. The molecule has 0 aromatic heterocycles. The lowest BCUT2D eigenvalue weighted by molar-refractivity contribution is -0.890. The van der Waals surface area contributed by atoms with Gasteiger partial charge in [-0.15, -0.1) is 0 Å². The molecule has 0 heterocycles. The van der Waals surface area contributed by atoms with Crippen LogP contribution in [0.2, 0.25) is 5.02 Å². The van der Waals surface area contributed by atoms with Crippen LogP contribution in [0.1, 0.15) is 17.2 Å². The Labute approximate surface area is 171 Å². The highest BCUT2D eigenvalue weighted by Crippen LogP contribution is 2.20. The third-order valence-electron chi connectivity index (χ3n) is 4.63. The van der Waals surface area contributed by atoms with Gasteiger partial charge >= 0.3 is 11.8 Å². The molecule has 0 spiro atoms. The topological polar surface area (TPSA) is 65.9 Å². The van der Waals surface area contributed by atoms with E-state index in [0.717, 1.165) is 21.7 Å². The molecule has 7 heteroatoms. The molecule has 0 saturated carbocycles. The molecule has 3 N–H and O–H groups in total. The molecule has 0 aliphatic carbocycles. The van der Waals surface area contributed by atoms with Gasteiger partial charge in [0.25, 0.3) is 0 Å². The summed E-state index contributed by atoms with van der Waals surface area (Å²) < 4.78 is 0. The van der Waals surface area contributed by atoms with Gasteiger partial charge in [0.15, 0.2) is 0 Å². The van der Waals surface area contributed by atoms with Crippen molar-refractivity contribution >= 4 is 34.8 Å². The number of aryl methyl sites for hydroxylation is 1. The molecule has 0 bridgehead atoms. The maximum Gasteiger partial charge on any atom is 0.313 e. The maximum absolute atomic E-state index is 12.3. The van der Waals surface area contributed by atoms with Crippen LogP contribution in [0.15, 0.2) is 42.5 Å². The number of quaternary nitrogens is 1. The van der Waals surface area contributed by atoms with Gasteiger partial charge in [-0.2, -0.15) is 0 Å². The lowest BCUT2D eigenvalue weighted by Gasteiger charge is -2.23. The Morgan fingerprint density at radius 2 is 1.71 bits per heavy atom. The van der Waals surface area contributed by atoms with Gasteiger partial charge in [-0.05, 0) is 36.8 Å². The number of rotatable bonds is 6. The van der Waals surface area contributed by atoms with E-state index in [0.29, 0.717) is 17.3 Å². The zero-order chi connectivity index (χ0) is 20.8. The highest BCUT2D eigenvalue weighted by molar-refractivity contribution is 6.40. The number of hydrogen-bond donors (Lipinski definition) is 3. The van der Waals surface area contributed by atoms with Crippen molar-refractivity contribution in [3.05, 3.63) is 58.6 Å². The molecule has 2 aromatic carbocycles. The first kappa shape index (κ1) is 21.7. The number of nitrogens with one attached hydrogen (secondary N) is 3. The van der Waals surface area contributed by atoms with Gasteiger partial charge in [0.2, 0.25) is 0 Å². The van der Waals surface area contributed by atoms with E-state index in [4.69, 9.17) is 11.6 Å². The van der Waals surface area contributed by atoms with Crippen molar-refractivity contribution in [3.63, 3.8) is 0 Å². The van der Waals surface area contributed by atoms with Crippen LogP contribution in [0.5, 0.6) is 0 Å². The van der Waals surface area contributed by atoms with Gasteiger partial charge in [-0.3, -0.25) is 9.59 Å². The molecule has 150 valence electrons. The third kappa shape index (κ3) is 5.71. The number of benzene rings is 2. The molecule has 0 fully saturated rings. The number of amides is 2. The van der Waals surface area contributed by atoms with Crippen molar-refractivity contribution in [2.24, 2.45) is 0 Å². The second-order valence-electron chi connectivity index (χ2n) is 7.24. The number of anilines is 2. The number of nitrogens with zero attached hydrogens (tertiary/aromatic N) is 1. The minimum Gasteiger partial charge on any atom is -0.378 e. The summed E-state index contributed by atoms with van der Waals surface area (Å²) in [5.41, 5.74) is 3.57. The number of hydrogen-bond acceptors (Lipinski definition) is 3. The van der Waals surface area contributed by atoms with Crippen LogP contribution in [-0.2, 0) is 9.59 Å². The summed E-state index contributed by atoms with van der Waals surface area (Å²) in [6.45, 7) is 2.19. The second-order valence-corrected chi connectivity index (χ2v) is 7.68. The van der Waals surface area contributed by atoms with Crippen LogP contribution >= 0.6 is 11.6 Å². The fraction of sp³-hybridized carbons (Fsp3) is 0.333. The molecule has 0 saturated heterocycles. The van der Waals surface area contributed by atoms with Crippen LogP contribution in [0.4, 0.5) is 11.4 Å². The van der Waals surface area contributed by atoms with Crippen LogP contribution in [0.25, 0.3) is 0 Å². The van der Waals surface area contributed by atoms with E-state index in [1.54, 1.807) is 18.2 Å². The Morgan fingerprint density at radius 3 is 2.29 bits per heavy atom. The Bertz CT molecular complexity index is 835. The monoisotopic (exact) mass is 403 g/mol. The number of likely N-dealkylation sites (N-methyl/N-ethyl adjacent to an activating group) is 1. The SMILES string of the molecule is Cc1ccc(Cl)cc1NC(=O)C(=O)NC[C@H](c1ccc(N(C)C)cc1)[NH+](C)C. The molecule has 2 aromatic rings. The fourth-order valence-electron chi connectivity index (χ4n) is 2.84.